The first-order valence-corrected chi connectivity index (χ1v) is 13.9. The van der Waals surface area contributed by atoms with Crippen LogP contribution >= 0.6 is 11.3 Å². The Morgan fingerprint density at radius 2 is 0.780 bits per heavy atom. The molecule has 7 aromatic rings. The normalized spacial score (nSPS) is 10.9. The van der Waals surface area contributed by atoms with Gasteiger partial charge in [0.25, 0.3) is 0 Å². The predicted octanol–water partition coefficient (Wildman–Crippen LogP) is 9.26. The SMILES string of the molecule is N#Cc1cncc(-c2ccc(-c3ccc4sc5ccc(-c6ccc(-c7cncc(C#N)c7)cc6)cc5c4c3)cc2)c1. The van der Waals surface area contributed by atoms with Gasteiger partial charge in [-0.05, 0) is 69.8 Å². The molecule has 0 aliphatic carbocycles. The molecule has 0 spiro atoms. The van der Waals surface area contributed by atoms with E-state index < -0.39 is 0 Å². The van der Waals surface area contributed by atoms with Crippen molar-refractivity contribution in [2.24, 2.45) is 0 Å². The molecule has 0 atom stereocenters. The van der Waals surface area contributed by atoms with Gasteiger partial charge < -0.3 is 0 Å². The maximum absolute atomic E-state index is 9.20. The highest BCUT2D eigenvalue weighted by atomic mass is 32.1. The number of hydrogen-bond donors (Lipinski definition) is 0. The van der Waals surface area contributed by atoms with Crippen LogP contribution in [-0.2, 0) is 0 Å². The molecule has 3 heterocycles. The van der Waals surface area contributed by atoms with E-state index in [2.05, 4.69) is 107 Å². The summed E-state index contributed by atoms with van der Waals surface area (Å²) in [5.74, 6) is 0. The zero-order valence-electron chi connectivity index (χ0n) is 21.7. The van der Waals surface area contributed by atoms with Crippen molar-refractivity contribution in [3.63, 3.8) is 0 Å². The van der Waals surface area contributed by atoms with Crippen molar-refractivity contribution in [3.05, 3.63) is 133 Å². The van der Waals surface area contributed by atoms with Gasteiger partial charge >= 0.3 is 0 Å². The summed E-state index contributed by atoms with van der Waals surface area (Å²) < 4.78 is 2.52. The zero-order valence-corrected chi connectivity index (χ0v) is 22.6. The van der Waals surface area contributed by atoms with Gasteiger partial charge in [-0.2, -0.15) is 10.5 Å². The van der Waals surface area contributed by atoms with Gasteiger partial charge in [0.05, 0.1) is 11.1 Å². The second-order valence-electron chi connectivity index (χ2n) is 9.83. The van der Waals surface area contributed by atoms with Gasteiger partial charge in [0.15, 0.2) is 0 Å². The van der Waals surface area contributed by atoms with Crippen LogP contribution in [0.3, 0.4) is 0 Å². The molecule has 5 heteroatoms. The zero-order chi connectivity index (χ0) is 27.8. The van der Waals surface area contributed by atoms with Gasteiger partial charge in [0, 0.05) is 56.1 Å². The summed E-state index contributed by atoms with van der Waals surface area (Å²) in [5, 5.41) is 20.9. The van der Waals surface area contributed by atoms with E-state index >= 15 is 0 Å². The van der Waals surface area contributed by atoms with E-state index in [-0.39, 0.29) is 0 Å². The maximum atomic E-state index is 9.20. The van der Waals surface area contributed by atoms with Gasteiger partial charge in [-0.25, -0.2) is 0 Å². The fraction of sp³-hybridized carbons (Fsp3) is 0. The highest BCUT2D eigenvalue weighted by molar-refractivity contribution is 7.25. The minimum absolute atomic E-state index is 0.555. The molecule has 4 aromatic carbocycles. The number of hydrogen-bond acceptors (Lipinski definition) is 5. The second kappa shape index (κ2) is 10.2. The number of nitrogens with zero attached hydrogens (tertiary/aromatic N) is 4. The van der Waals surface area contributed by atoms with E-state index in [4.69, 9.17) is 0 Å². The summed E-state index contributed by atoms with van der Waals surface area (Å²) in [7, 11) is 0. The van der Waals surface area contributed by atoms with Gasteiger partial charge in [-0.15, -0.1) is 11.3 Å². The molecule has 0 aliphatic heterocycles. The quantitative estimate of drug-likeness (QED) is 0.223. The Kier molecular flexibility index (Phi) is 6.06. The smallest absolute Gasteiger partial charge is 0.101 e. The molecule has 190 valence electrons. The van der Waals surface area contributed by atoms with Crippen molar-refractivity contribution < 1.29 is 0 Å². The summed E-state index contributed by atoms with van der Waals surface area (Å²) in [5.41, 5.74) is 9.65. The number of fused-ring (bicyclic) bond motifs is 3. The number of rotatable bonds is 4. The molecule has 0 bridgehead atoms. The lowest BCUT2D eigenvalue weighted by Crippen LogP contribution is -1.84. The molecule has 7 rings (SSSR count). The van der Waals surface area contributed by atoms with Crippen molar-refractivity contribution in [2.45, 2.75) is 0 Å². The predicted molar refractivity (Wildman–Crippen MR) is 166 cm³/mol. The monoisotopic (exact) mass is 540 g/mol. The molecule has 0 amide bonds. The highest BCUT2D eigenvalue weighted by Crippen LogP contribution is 2.39. The summed E-state index contributed by atoms with van der Waals surface area (Å²) in [6.45, 7) is 0. The van der Waals surface area contributed by atoms with E-state index in [1.807, 2.05) is 23.5 Å². The minimum atomic E-state index is 0.555. The average molecular weight is 541 g/mol. The molecule has 0 radical (unpaired) electrons. The topological polar surface area (TPSA) is 73.4 Å². The largest absolute Gasteiger partial charge is 0.263 e. The molecule has 41 heavy (non-hydrogen) atoms. The summed E-state index contributed by atoms with van der Waals surface area (Å²) >= 11 is 1.81. The van der Waals surface area contributed by atoms with Crippen molar-refractivity contribution in [3.8, 4) is 56.6 Å². The van der Waals surface area contributed by atoms with Crippen LogP contribution in [0.15, 0.2) is 122 Å². The lowest BCUT2D eigenvalue weighted by molar-refractivity contribution is 1.30. The van der Waals surface area contributed by atoms with Crippen LogP contribution in [0.25, 0.3) is 64.7 Å². The Labute approximate surface area is 241 Å². The molecule has 0 saturated heterocycles. The summed E-state index contributed by atoms with van der Waals surface area (Å²) in [4.78, 5) is 8.38. The van der Waals surface area contributed by atoms with E-state index in [9.17, 15) is 10.5 Å². The molecule has 0 aliphatic rings. The Hall–Kier alpha value is -5.62. The Balaban J connectivity index is 1.22. The third-order valence-electron chi connectivity index (χ3n) is 7.31. The number of benzene rings is 4. The highest BCUT2D eigenvalue weighted by Gasteiger charge is 2.10. The number of pyridine rings is 2. The van der Waals surface area contributed by atoms with Crippen LogP contribution in [0.5, 0.6) is 0 Å². The Morgan fingerprint density at radius 1 is 0.415 bits per heavy atom. The number of aromatic nitrogens is 2. The fourth-order valence-electron chi connectivity index (χ4n) is 5.16. The first kappa shape index (κ1) is 24.4. The van der Waals surface area contributed by atoms with Crippen LogP contribution in [0, 0.1) is 22.7 Å². The van der Waals surface area contributed by atoms with Crippen molar-refractivity contribution in [1.82, 2.24) is 9.97 Å². The van der Waals surface area contributed by atoms with Crippen LogP contribution < -0.4 is 0 Å². The van der Waals surface area contributed by atoms with Crippen LogP contribution in [0.1, 0.15) is 11.1 Å². The van der Waals surface area contributed by atoms with E-state index in [0.717, 1.165) is 44.5 Å². The van der Waals surface area contributed by atoms with Gasteiger partial charge in [0.1, 0.15) is 12.1 Å². The molecule has 0 saturated carbocycles. The summed E-state index contributed by atoms with van der Waals surface area (Å²) in [6, 6.07) is 38.2. The van der Waals surface area contributed by atoms with E-state index in [1.165, 1.54) is 20.2 Å². The third-order valence-corrected chi connectivity index (χ3v) is 8.46. The van der Waals surface area contributed by atoms with Crippen LogP contribution in [-0.4, -0.2) is 9.97 Å². The molecular weight excluding hydrogens is 520 g/mol. The van der Waals surface area contributed by atoms with Gasteiger partial charge in [-0.1, -0.05) is 60.7 Å². The number of nitriles is 2. The first-order chi connectivity index (χ1) is 20.2. The molecule has 0 N–H and O–H groups in total. The summed E-state index contributed by atoms with van der Waals surface area (Å²) in [6.07, 6.45) is 6.72. The van der Waals surface area contributed by atoms with Crippen molar-refractivity contribution in [2.75, 3.05) is 0 Å². The Morgan fingerprint density at radius 3 is 1.17 bits per heavy atom. The standard InChI is InChI=1S/C36H20N4S/c37-17-23-13-31(21-39-19-23)27-5-1-25(2-6-27)29-9-11-35-33(15-29)34-16-30(10-12-36(34)41-35)26-3-7-28(8-4-26)32-14-24(18-38)20-40-22-32/h1-16,19-22H. The van der Waals surface area contributed by atoms with Gasteiger partial charge in [-0.3, -0.25) is 9.97 Å². The second-order valence-corrected chi connectivity index (χ2v) is 10.9. The molecule has 0 unspecified atom stereocenters. The van der Waals surface area contributed by atoms with Crippen molar-refractivity contribution in [1.29, 1.82) is 10.5 Å². The molecular formula is C36H20N4S. The average Bonchev–Trinajstić information content (AvgIpc) is 3.42. The van der Waals surface area contributed by atoms with E-state index in [0.29, 0.717) is 11.1 Å². The minimum Gasteiger partial charge on any atom is -0.263 e. The van der Waals surface area contributed by atoms with Crippen molar-refractivity contribution >= 4 is 31.5 Å². The van der Waals surface area contributed by atoms with E-state index in [1.54, 1.807) is 24.8 Å². The van der Waals surface area contributed by atoms with Gasteiger partial charge in [0.2, 0.25) is 0 Å². The molecule has 0 fully saturated rings. The number of thiophene rings is 1. The molecule has 4 nitrogen and oxygen atoms in total. The fourth-order valence-corrected chi connectivity index (χ4v) is 6.23. The van der Waals surface area contributed by atoms with Crippen LogP contribution in [0.4, 0.5) is 0 Å². The Bertz CT molecular complexity index is 2010. The third kappa shape index (κ3) is 4.61. The first-order valence-electron chi connectivity index (χ1n) is 13.1. The lowest BCUT2D eigenvalue weighted by Gasteiger charge is -2.07. The maximum Gasteiger partial charge on any atom is 0.101 e. The van der Waals surface area contributed by atoms with Crippen LogP contribution in [0.2, 0.25) is 0 Å². The lowest BCUT2D eigenvalue weighted by atomic mass is 9.97. The molecule has 3 aromatic heterocycles.